The van der Waals surface area contributed by atoms with Gasteiger partial charge in [0.2, 0.25) is 0 Å². The average Bonchev–Trinajstić information content (AvgIpc) is 2.27. The molecule has 0 saturated carbocycles. The fourth-order valence-electron chi connectivity index (χ4n) is 1.65. The second-order valence-corrected chi connectivity index (χ2v) is 4.32. The Morgan fingerprint density at radius 2 is 1.72 bits per heavy atom. The third-order valence-electron chi connectivity index (χ3n) is 2.44. The van der Waals surface area contributed by atoms with Gasteiger partial charge in [-0.15, -0.1) is 0 Å². The minimum atomic E-state index is -0.760. The highest BCUT2D eigenvalue weighted by Gasteiger charge is 2.10. The zero-order valence-corrected chi connectivity index (χ0v) is 10.0. The van der Waals surface area contributed by atoms with Crippen LogP contribution in [-0.4, -0.2) is 5.78 Å². The van der Waals surface area contributed by atoms with Crippen molar-refractivity contribution in [3.8, 4) is 0 Å². The van der Waals surface area contributed by atoms with Crippen LogP contribution in [0.25, 0.3) is 0 Å². The number of Topliss-reactive ketones (excluding diaryl/α,β-unsaturated/α-hetero) is 1. The molecule has 0 bridgehead atoms. The van der Waals surface area contributed by atoms with Gasteiger partial charge in [0.05, 0.1) is 0 Å². The molecule has 0 N–H and O–H groups in total. The summed E-state index contributed by atoms with van der Waals surface area (Å²) in [5, 5.41) is 0.519. The van der Waals surface area contributed by atoms with Crippen LogP contribution < -0.4 is 0 Å². The van der Waals surface area contributed by atoms with Crippen molar-refractivity contribution in [3.63, 3.8) is 0 Å². The molecule has 4 heteroatoms. The third kappa shape index (κ3) is 3.14. The molecule has 2 aromatic rings. The number of carbonyl (C=O) groups is 1. The molecule has 0 atom stereocenters. The zero-order valence-electron chi connectivity index (χ0n) is 9.29. The summed E-state index contributed by atoms with van der Waals surface area (Å²) in [6.45, 7) is 0. The summed E-state index contributed by atoms with van der Waals surface area (Å²) in [5.74, 6) is -1.87. The highest BCUT2D eigenvalue weighted by atomic mass is 35.5. The minimum absolute atomic E-state index is 0.0208. The lowest BCUT2D eigenvalue weighted by atomic mass is 10.0. The molecule has 0 aliphatic carbocycles. The summed E-state index contributed by atoms with van der Waals surface area (Å²) in [7, 11) is 0. The van der Waals surface area contributed by atoms with Gasteiger partial charge in [-0.2, -0.15) is 0 Å². The molecule has 0 aliphatic heterocycles. The Morgan fingerprint density at radius 1 is 1.06 bits per heavy atom. The molecule has 2 aromatic carbocycles. The molecule has 0 fully saturated rings. The van der Waals surface area contributed by atoms with E-state index in [0.717, 1.165) is 18.2 Å². The zero-order chi connectivity index (χ0) is 13.1. The van der Waals surface area contributed by atoms with E-state index in [2.05, 4.69) is 0 Å². The Morgan fingerprint density at radius 3 is 2.33 bits per heavy atom. The first-order chi connectivity index (χ1) is 8.54. The number of hydrogen-bond acceptors (Lipinski definition) is 1. The van der Waals surface area contributed by atoms with Crippen LogP contribution in [0.1, 0.15) is 15.9 Å². The SMILES string of the molecule is O=C(Cc1cccc(Cl)c1)c1cc(F)cc(F)c1. The van der Waals surface area contributed by atoms with E-state index in [1.54, 1.807) is 24.3 Å². The molecule has 0 heterocycles. The highest BCUT2D eigenvalue weighted by molar-refractivity contribution is 6.30. The van der Waals surface area contributed by atoms with E-state index >= 15 is 0 Å². The molecule has 0 aliphatic rings. The van der Waals surface area contributed by atoms with E-state index in [1.165, 1.54) is 0 Å². The molecule has 2 rings (SSSR count). The number of benzene rings is 2. The summed E-state index contributed by atoms with van der Waals surface area (Å²) < 4.78 is 26.0. The van der Waals surface area contributed by atoms with Gasteiger partial charge in [0.25, 0.3) is 0 Å². The van der Waals surface area contributed by atoms with Crippen molar-refractivity contribution in [1.29, 1.82) is 0 Å². The predicted octanol–water partition coefficient (Wildman–Crippen LogP) is 4.04. The second kappa shape index (κ2) is 5.27. The molecule has 0 spiro atoms. The maximum absolute atomic E-state index is 13.0. The lowest BCUT2D eigenvalue weighted by Crippen LogP contribution is -2.04. The standard InChI is InChI=1S/C14H9ClF2O/c15-11-3-1-2-9(4-11)5-14(18)10-6-12(16)8-13(17)7-10/h1-4,6-8H,5H2. The maximum Gasteiger partial charge on any atom is 0.167 e. The molecular weight excluding hydrogens is 258 g/mol. The van der Waals surface area contributed by atoms with Crippen LogP contribution >= 0.6 is 11.6 Å². The lowest BCUT2D eigenvalue weighted by Gasteiger charge is -2.03. The van der Waals surface area contributed by atoms with E-state index < -0.39 is 11.6 Å². The fraction of sp³-hybridized carbons (Fsp3) is 0.0714. The molecule has 0 saturated heterocycles. The molecule has 0 aromatic heterocycles. The monoisotopic (exact) mass is 266 g/mol. The van der Waals surface area contributed by atoms with Crippen LogP contribution in [0, 0.1) is 11.6 Å². The number of ketones is 1. The Kier molecular flexibility index (Phi) is 3.72. The average molecular weight is 267 g/mol. The fourth-order valence-corrected chi connectivity index (χ4v) is 1.86. The van der Waals surface area contributed by atoms with Gasteiger partial charge in [0.15, 0.2) is 5.78 Å². The van der Waals surface area contributed by atoms with Crippen LogP contribution in [0.2, 0.25) is 5.02 Å². The number of rotatable bonds is 3. The van der Waals surface area contributed by atoms with Crippen molar-refractivity contribution in [2.24, 2.45) is 0 Å². The highest BCUT2D eigenvalue weighted by Crippen LogP contribution is 2.15. The van der Waals surface area contributed by atoms with Crippen molar-refractivity contribution in [3.05, 3.63) is 70.2 Å². The Balaban J connectivity index is 2.22. The van der Waals surface area contributed by atoms with Gasteiger partial charge in [-0.25, -0.2) is 8.78 Å². The summed E-state index contributed by atoms with van der Waals surface area (Å²) in [6, 6.07) is 9.57. The smallest absolute Gasteiger partial charge is 0.167 e. The van der Waals surface area contributed by atoms with Crippen molar-refractivity contribution < 1.29 is 13.6 Å². The van der Waals surface area contributed by atoms with Crippen LogP contribution in [-0.2, 0) is 6.42 Å². The van der Waals surface area contributed by atoms with Crippen LogP contribution in [0.3, 0.4) is 0 Å². The van der Waals surface area contributed by atoms with Crippen molar-refractivity contribution in [2.45, 2.75) is 6.42 Å². The first-order valence-corrected chi connectivity index (χ1v) is 5.66. The Hall–Kier alpha value is -1.74. The van der Waals surface area contributed by atoms with Crippen LogP contribution in [0.15, 0.2) is 42.5 Å². The Bertz CT molecular complexity index is 576. The van der Waals surface area contributed by atoms with Crippen molar-refractivity contribution in [2.75, 3.05) is 0 Å². The molecule has 0 unspecified atom stereocenters. The molecule has 92 valence electrons. The Labute approximate surface area is 108 Å². The molecular formula is C14H9ClF2O. The summed E-state index contributed by atoms with van der Waals surface area (Å²) in [4.78, 5) is 11.9. The van der Waals surface area contributed by atoms with E-state index in [-0.39, 0.29) is 17.8 Å². The molecule has 1 nitrogen and oxygen atoms in total. The lowest BCUT2D eigenvalue weighted by molar-refractivity contribution is 0.0992. The van der Waals surface area contributed by atoms with Gasteiger partial charge in [0, 0.05) is 23.1 Å². The van der Waals surface area contributed by atoms with E-state index in [9.17, 15) is 13.6 Å². The van der Waals surface area contributed by atoms with Gasteiger partial charge in [0.1, 0.15) is 11.6 Å². The van der Waals surface area contributed by atoms with Gasteiger partial charge in [-0.1, -0.05) is 23.7 Å². The van der Waals surface area contributed by atoms with Crippen LogP contribution in [0.4, 0.5) is 8.78 Å². The quantitative estimate of drug-likeness (QED) is 0.766. The predicted molar refractivity (Wildman–Crippen MR) is 65.8 cm³/mol. The molecule has 0 amide bonds. The molecule has 0 radical (unpaired) electrons. The van der Waals surface area contributed by atoms with E-state index in [1.807, 2.05) is 0 Å². The largest absolute Gasteiger partial charge is 0.294 e. The number of carbonyl (C=O) groups excluding carboxylic acids is 1. The van der Waals surface area contributed by atoms with E-state index in [0.29, 0.717) is 10.6 Å². The topological polar surface area (TPSA) is 17.1 Å². The second-order valence-electron chi connectivity index (χ2n) is 3.89. The van der Waals surface area contributed by atoms with Gasteiger partial charge in [-0.3, -0.25) is 4.79 Å². The van der Waals surface area contributed by atoms with Gasteiger partial charge >= 0.3 is 0 Å². The first kappa shape index (κ1) is 12.7. The van der Waals surface area contributed by atoms with Crippen LogP contribution in [0.5, 0.6) is 0 Å². The first-order valence-electron chi connectivity index (χ1n) is 5.28. The minimum Gasteiger partial charge on any atom is -0.294 e. The molecule has 18 heavy (non-hydrogen) atoms. The summed E-state index contributed by atoms with van der Waals surface area (Å²) in [6.07, 6.45) is 0.0590. The van der Waals surface area contributed by atoms with E-state index in [4.69, 9.17) is 11.6 Å². The van der Waals surface area contributed by atoms with Crippen molar-refractivity contribution in [1.82, 2.24) is 0 Å². The number of halogens is 3. The summed E-state index contributed by atoms with van der Waals surface area (Å²) in [5.41, 5.74) is 0.727. The maximum atomic E-state index is 13.0. The van der Waals surface area contributed by atoms with Crippen molar-refractivity contribution >= 4 is 17.4 Å². The van der Waals surface area contributed by atoms with Gasteiger partial charge in [-0.05, 0) is 29.8 Å². The normalized spacial score (nSPS) is 10.4. The summed E-state index contributed by atoms with van der Waals surface area (Å²) >= 11 is 5.79. The van der Waals surface area contributed by atoms with Gasteiger partial charge < -0.3 is 0 Å². The number of hydrogen-bond donors (Lipinski definition) is 0. The third-order valence-corrected chi connectivity index (χ3v) is 2.67.